The van der Waals surface area contributed by atoms with Gasteiger partial charge in [0.15, 0.2) is 0 Å². The lowest BCUT2D eigenvalue weighted by molar-refractivity contribution is -0.121. The number of carbonyl (C=O) groups excluding carboxylic acids is 1. The predicted octanol–water partition coefficient (Wildman–Crippen LogP) is 4.21. The summed E-state index contributed by atoms with van der Waals surface area (Å²) in [6.45, 7) is 3.65. The van der Waals surface area contributed by atoms with Crippen LogP contribution in [0.3, 0.4) is 0 Å². The van der Waals surface area contributed by atoms with Crippen molar-refractivity contribution in [2.45, 2.75) is 26.3 Å². The fourth-order valence-electron chi connectivity index (χ4n) is 2.58. The summed E-state index contributed by atoms with van der Waals surface area (Å²) in [6, 6.07) is 15.4. The molecular weight excluding hydrogens is 319 g/mol. The average Bonchev–Trinajstić information content (AvgIpc) is 2.97. The van der Waals surface area contributed by atoms with Crippen LogP contribution in [0.25, 0.3) is 11.5 Å². The number of halogens is 1. The molecule has 1 aromatic heterocycles. The first-order valence-corrected chi connectivity index (χ1v) is 8.09. The van der Waals surface area contributed by atoms with E-state index in [0.717, 1.165) is 11.1 Å². The van der Waals surface area contributed by atoms with Crippen LogP contribution in [0.1, 0.15) is 30.0 Å². The predicted molar refractivity (Wildman–Crippen MR) is 93.3 cm³/mol. The Morgan fingerprint density at radius 3 is 2.52 bits per heavy atom. The number of benzene rings is 2. The smallest absolute Gasteiger partial charge is 0.226 e. The molecule has 2 aromatic carbocycles. The Labute approximate surface area is 145 Å². The van der Waals surface area contributed by atoms with E-state index >= 15 is 0 Å². The summed E-state index contributed by atoms with van der Waals surface area (Å²) in [5, 5.41) is 2.90. The number of hydrogen-bond donors (Lipinski definition) is 1. The fourth-order valence-corrected chi connectivity index (χ4v) is 2.58. The molecule has 4 nitrogen and oxygen atoms in total. The minimum atomic E-state index is -0.297. The van der Waals surface area contributed by atoms with E-state index in [-0.39, 0.29) is 24.2 Å². The molecule has 1 N–H and O–H groups in total. The Morgan fingerprint density at radius 2 is 1.84 bits per heavy atom. The first kappa shape index (κ1) is 16.9. The zero-order valence-electron chi connectivity index (χ0n) is 14.1. The van der Waals surface area contributed by atoms with E-state index in [1.54, 1.807) is 19.1 Å². The van der Waals surface area contributed by atoms with Crippen LogP contribution in [0.5, 0.6) is 0 Å². The van der Waals surface area contributed by atoms with E-state index in [9.17, 15) is 9.18 Å². The van der Waals surface area contributed by atoms with Gasteiger partial charge in [-0.25, -0.2) is 9.37 Å². The van der Waals surface area contributed by atoms with Crippen LogP contribution in [-0.2, 0) is 11.2 Å². The zero-order chi connectivity index (χ0) is 17.8. The molecule has 3 rings (SSSR count). The van der Waals surface area contributed by atoms with Crippen molar-refractivity contribution in [3.8, 4) is 11.5 Å². The highest BCUT2D eigenvalue weighted by molar-refractivity contribution is 5.79. The van der Waals surface area contributed by atoms with Crippen molar-refractivity contribution < 1.29 is 13.6 Å². The van der Waals surface area contributed by atoms with Crippen LogP contribution in [0.2, 0.25) is 0 Å². The summed E-state index contributed by atoms with van der Waals surface area (Å²) >= 11 is 0. The van der Waals surface area contributed by atoms with Gasteiger partial charge in [0.05, 0.1) is 18.2 Å². The third-order valence-corrected chi connectivity index (χ3v) is 3.99. The number of nitrogens with one attached hydrogen (secondary N) is 1. The second-order valence-corrected chi connectivity index (χ2v) is 5.91. The van der Waals surface area contributed by atoms with Crippen LogP contribution >= 0.6 is 0 Å². The van der Waals surface area contributed by atoms with Crippen molar-refractivity contribution in [1.82, 2.24) is 10.3 Å². The minimum absolute atomic E-state index is 0.133. The molecule has 0 saturated carbocycles. The molecule has 25 heavy (non-hydrogen) atoms. The van der Waals surface area contributed by atoms with E-state index in [0.29, 0.717) is 17.3 Å². The van der Waals surface area contributed by atoms with Gasteiger partial charge in [-0.1, -0.05) is 30.3 Å². The first-order chi connectivity index (χ1) is 12.0. The molecule has 0 aliphatic carbocycles. The highest BCUT2D eigenvalue weighted by atomic mass is 19.1. The molecule has 0 radical (unpaired) electrons. The molecule has 0 unspecified atom stereocenters. The van der Waals surface area contributed by atoms with Crippen LogP contribution < -0.4 is 5.32 Å². The molecule has 0 spiro atoms. The van der Waals surface area contributed by atoms with Gasteiger partial charge in [-0.3, -0.25) is 4.79 Å². The molecule has 0 saturated heterocycles. The molecule has 0 aliphatic heterocycles. The molecule has 1 heterocycles. The Bertz CT molecular complexity index is 857. The second kappa shape index (κ2) is 7.30. The standard InChI is InChI=1S/C20H19FN2O2/c1-13(15-8-10-17(21)11-9-15)22-19(24)12-18-14(2)25-20(23-18)16-6-4-3-5-7-16/h3-11,13H,12H2,1-2H3,(H,22,24)/t13-/m0/s1. The van der Waals surface area contributed by atoms with Crippen LogP contribution in [0.4, 0.5) is 4.39 Å². The SMILES string of the molecule is Cc1oc(-c2ccccc2)nc1CC(=O)N[C@@H](C)c1ccc(F)cc1. The Kier molecular flexibility index (Phi) is 4.93. The normalized spacial score (nSPS) is 12.0. The van der Waals surface area contributed by atoms with Crippen LogP contribution in [0, 0.1) is 12.7 Å². The lowest BCUT2D eigenvalue weighted by atomic mass is 10.1. The quantitative estimate of drug-likeness (QED) is 0.758. The van der Waals surface area contributed by atoms with Gasteiger partial charge in [-0.15, -0.1) is 0 Å². The number of nitrogens with zero attached hydrogens (tertiary/aromatic N) is 1. The summed E-state index contributed by atoms with van der Waals surface area (Å²) in [5.74, 6) is 0.678. The number of aryl methyl sites for hydroxylation is 1. The number of aromatic nitrogens is 1. The average molecular weight is 338 g/mol. The van der Waals surface area contributed by atoms with Crippen LogP contribution in [0.15, 0.2) is 59.0 Å². The summed E-state index contributed by atoms with van der Waals surface area (Å²) in [6.07, 6.45) is 0.133. The van der Waals surface area contributed by atoms with E-state index in [1.165, 1.54) is 12.1 Å². The Balaban J connectivity index is 1.67. The summed E-state index contributed by atoms with van der Waals surface area (Å²) < 4.78 is 18.7. The van der Waals surface area contributed by atoms with E-state index < -0.39 is 0 Å². The second-order valence-electron chi connectivity index (χ2n) is 5.91. The maximum atomic E-state index is 13.0. The summed E-state index contributed by atoms with van der Waals surface area (Å²) in [4.78, 5) is 16.7. The van der Waals surface area contributed by atoms with Gasteiger partial charge in [0.2, 0.25) is 11.8 Å². The molecule has 1 atom stereocenters. The van der Waals surface area contributed by atoms with Gasteiger partial charge in [-0.05, 0) is 43.7 Å². The maximum Gasteiger partial charge on any atom is 0.226 e. The molecule has 3 aromatic rings. The highest BCUT2D eigenvalue weighted by Crippen LogP contribution is 2.22. The van der Waals surface area contributed by atoms with E-state index in [1.807, 2.05) is 37.3 Å². The molecule has 0 fully saturated rings. The molecule has 5 heteroatoms. The number of oxazole rings is 1. The molecule has 128 valence electrons. The Hall–Kier alpha value is -2.95. The molecular formula is C20H19FN2O2. The van der Waals surface area contributed by atoms with Gasteiger partial charge in [0.25, 0.3) is 0 Å². The van der Waals surface area contributed by atoms with Gasteiger partial charge in [-0.2, -0.15) is 0 Å². The summed E-state index contributed by atoms with van der Waals surface area (Å²) in [7, 11) is 0. The lowest BCUT2D eigenvalue weighted by Crippen LogP contribution is -2.28. The zero-order valence-corrected chi connectivity index (χ0v) is 14.1. The van der Waals surface area contributed by atoms with Gasteiger partial charge < -0.3 is 9.73 Å². The summed E-state index contributed by atoms with van der Waals surface area (Å²) in [5.41, 5.74) is 2.33. The van der Waals surface area contributed by atoms with Crippen molar-refractivity contribution in [3.63, 3.8) is 0 Å². The monoisotopic (exact) mass is 338 g/mol. The molecule has 0 bridgehead atoms. The van der Waals surface area contributed by atoms with Gasteiger partial charge in [0.1, 0.15) is 11.6 Å². The Morgan fingerprint density at radius 1 is 1.16 bits per heavy atom. The number of amides is 1. The van der Waals surface area contributed by atoms with Crippen molar-refractivity contribution in [2.24, 2.45) is 0 Å². The van der Waals surface area contributed by atoms with Gasteiger partial charge >= 0.3 is 0 Å². The number of hydrogen-bond acceptors (Lipinski definition) is 3. The number of rotatable bonds is 5. The van der Waals surface area contributed by atoms with Crippen molar-refractivity contribution in [3.05, 3.63) is 77.4 Å². The van der Waals surface area contributed by atoms with Crippen LogP contribution in [-0.4, -0.2) is 10.9 Å². The van der Waals surface area contributed by atoms with Crippen molar-refractivity contribution in [1.29, 1.82) is 0 Å². The van der Waals surface area contributed by atoms with Crippen molar-refractivity contribution >= 4 is 5.91 Å². The highest BCUT2D eigenvalue weighted by Gasteiger charge is 2.16. The minimum Gasteiger partial charge on any atom is -0.441 e. The largest absolute Gasteiger partial charge is 0.441 e. The maximum absolute atomic E-state index is 13.0. The van der Waals surface area contributed by atoms with Gasteiger partial charge in [0, 0.05) is 5.56 Å². The van der Waals surface area contributed by atoms with Crippen molar-refractivity contribution in [2.75, 3.05) is 0 Å². The lowest BCUT2D eigenvalue weighted by Gasteiger charge is -2.13. The third-order valence-electron chi connectivity index (χ3n) is 3.99. The molecule has 0 aliphatic rings. The molecule has 1 amide bonds. The topological polar surface area (TPSA) is 55.1 Å². The fraction of sp³-hybridized carbons (Fsp3) is 0.200. The van der Waals surface area contributed by atoms with E-state index in [2.05, 4.69) is 10.3 Å². The third kappa shape index (κ3) is 4.12. The van der Waals surface area contributed by atoms with E-state index in [4.69, 9.17) is 4.42 Å². The number of carbonyl (C=O) groups is 1. The first-order valence-electron chi connectivity index (χ1n) is 8.09.